The van der Waals surface area contributed by atoms with Gasteiger partial charge in [-0.2, -0.15) is 0 Å². The highest BCUT2D eigenvalue weighted by atomic mass is 32.2. The maximum Gasteiger partial charge on any atom is 0.331 e. The Morgan fingerprint density at radius 3 is 2.48 bits per heavy atom. The van der Waals surface area contributed by atoms with Gasteiger partial charge in [-0.25, -0.2) is 22.9 Å². The minimum absolute atomic E-state index is 0.510. The molecule has 10 heteroatoms. The largest absolute Gasteiger partial charge is 0.431 e. The van der Waals surface area contributed by atoms with Crippen LogP contribution in [0.15, 0.2) is 48.5 Å². The Hall–Kier alpha value is -2.69. The standard InChI is InChI=1S/C21H24N4O4S2/c1-31(27,28)23-20(26)25-14-12-24(13-15-25)11-10-16-6-8-17(9-7-16)29-21-22-18-4-2-3-5-19(18)30-21/h2-9H,10-15H2,1H3,(H,23,26). The zero-order valence-corrected chi connectivity index (χ0v) is 18.8. The number of piperazine rings is 1. The Balaban J connectivity index is 1.24. The number of ether oxygens (including phenoxy) is 1. The molecule has 1 fully saturated rings. The van der Waals surface area contributed by atoms with Gasteiger partial charge < -0.3 is 9.64 Å². The molecular formula is C21H24N4O4S2. The average Bonchev–Trinajstić information content (AvgIpc) is 3.15. The predicted octanol–water partition coefficient (Wildman–Crippen LogP) is 2.92. The van der Waals surface area contributed by atoms with E-state index in [0.717, 1.165) is 48.3 Å². The molecule has 2 amide bonds. The monoisotopic (exact) mass is 460 g/mol. The number of nitrogens with zero attached hydrogens (tertiary/aromatic N) is 3. The third-order valence-corrected chi connectivity index (χ3v) is 6.51. The van der Waals surface area contributed by atoms with Crippen molar-refractivity contribution < 1.29 is 17.9 Å². The SMILES string of the molecule is CS(=O)(=O)NC(=O)N1CCN(CCc2ccc(Oc3nc4ccccc4s3)cc2)CC1. The molecule has 1 aliphatic heterocycles. The molecule has 164 valence electrons. The molecule has 1 N–H and O–H groups in total. The molecule has 8 nitrogen and oxygen atoms in total. The molecule has 0 saturated carbocycles. The van der Waals surface area contributed by atoms with Gasteiger partial charge in [-0.05, 0) is 36.2 Å². The Morgan fingerprint density at radius 1 is 1.10 bits per heavy atom. The Bertz CT molecular complexity index is 1120. The van der Waals surface area contributed by atoms with E-state index in [4.69, 9.17) is 4.74 Å². The van der Waals surface area contributed by atoms with Gasteiger partial charge in [-0.15, -0.1) is 0 Å². The fourth-order valence-corrected chi connectivity index (χ4v) is 4.69. The van der Waals surface area contributed by atoms with E-state index < -0.39 is 16.1 Å². The van der Waals surface area contributed by atoms with Gasteiger partial charge >= 0.3 is 6.03 Å². The molecule has 0 aliphatic carbocycles. The second-order valence-electron chi connectivity index (χ2n) is 7.45. The minimum atomic E-state index is -3.53. The van der Waals surface area contributed by atoms with Gasteiger partial charge in [0.05, 0.1) is 16.5 Å². The molecule has 2 heterocycles. The summed E-state index contributed by atoms with van der Waals surface area (Å²) in [5.41, 5.74) is 2.14. The van der Waals surface area contributed by atoms with Crippen molar-refractivity contribution in [3.05, 3.63) is 54.1 Å². The summed E-state index contributed by atoms with van der Waals surface area (Å²) in [6, 6.07) is 15.4. The summed E-state index contributed by atoms with van der Waals surface area (Å²) >= 11 is 1.52. The molecule has 2 aromatic carbocycles. The van der Waals surface area contributed by atoms with E-state index in [1.807, 2.05) is 41.1 Å². The number of nitrogens with one attached hydrogen (secondary N) is 1. The smallest absolute Gasteiger partial charge is 0.331 e. The Morgan fingerprint density at radius 2 is 1.81 bits per heavy atom. The van der Waals surface area contributed by atoms with E-state index in [0.29, 0.717) is 18.3 Å². The molecule has 0 atom stereocenters. The van der Waals surface area contributed by atoms with Gasteiger partial charge in [0.15, 0.2) is 0 Å². The Kier molecular flexibility index (Phi) is 6.40. The number of aromatic nitrogens is 1. The van der Waals surface area contributed by atoms with E-state index in [-0.39, 0.29) is 0 Å². The van der Waals surface area contributed by atoms with Gasteiger partial charge in [-0.3, -0.25) is 4.90 Å². The molecule has 1 saturated heterocycles. The molecule has 0 spiro atoms. The predicted molar refractivity (Wildman–Crippen MR) is 121 cm³/mol. The van der Waals surface area contributed by atoms with Crippen LogP contribution in [0, 0.1) is 0 Å². The van der Waals surface area contributed by atoms with Crippen molar-refractivity contribution in [3.8, 4) is 10.9 Å². The maximum atomic E-state index is 11.9. The number of thiazole rings is 1. The summed E-state index contributed by atoms with van der Waals surface area (Å²) < 4.78 is 31.4. The number of hydrogen-bond acceptors (Lipinski definition) is 7. The highest BCUT2D eigenvalue weighted by Gasteiger charge is 2.22. The normalized spacial score (nSPS) is 15.2. The summed E-state index contributed by atoms with van der Waals surface area (Å²) in [7, 11) is -3.53. The first-order valence-corrected chi connectivity index (χ1v) is 12.7. The van der Waals surface area contributed by atoms with Crippen molar-refractivity contribution in [2.45, 2.75) is 6.42 Å². The van der Waals surface area contributed by atoms with Crippen molar-refractivity contribution in [3.63, 3.8) is 0 Å². The average molecular weight is 461 g/mol. The third kappa shape index (κ3) is 5.93. The molecule has 0 bridgehead atoms. The van der Waals surface area contributed by atoms with E-state index in [1.165, 1.54) is 21.8 Å². The van der Waals surface area contributed by atoms with Gasteiger partial charge in [0, 0.05) is 32.7 Å². The Labute approximate surface area is 185 Å². The first-order valence-electron chi connectivity index (χ1n) is 9.97. The molecule has 4 rings (SSSR count). The van der Waals surface area contributed by atoms with Crippen LogP contribution in [-0.4, -0.2) is 68.2 Å². The van der Waals surface area contributed by atoms with Crippen molar-refractivity contribution in [1.82, 2.24) is 19.5 Å². The fraction of sp³-hybridized carbons (Fsp3) is 0.333. The van der Waals surface area contributed by atoms with Crippen LogP contribution in [-0.2, 0) is 16.4 Å². The molecule has 1 aliphatic rings. The first-order chi connectivity index (χ1) is 14.9. The van der Waals surface area contributed by atoms with Crippen molar-refractivity contribution in [2.75, 3.05) is 39.0 Å². The van der Waals surface area contributed by atoms with Gasteiger partial charge in [0.25, 0.3) is 5.19 Å². The number of amides is 2. The van der Waals surface area contributed by atoms with Crippen LogP contribution >= 0.6 is 11.3 Å². The lowest BCUT2D eigenvalue weighted by atomic mass is 10.1. The number of para-hydroxylation sites is 1. The van der Waals surface area contributed by atoms with Gasteiger partial charge in [0.1, 0.15) is 5.75 Å². The highest BCUT2D eigenvalue weighted by molar-refractivity contribution is 7.89. The van der Waals surface area contributed by atoms with E-state index in [1.54, 1.807) is 0 Å². The molecule has 0 unspecified atom stereocenters. The summed E-state index contributed by atoms with van der Waals surface area (Å²) in [6.45, 7) is 3.33. The quantitative estimate of drug-likeness (QED) is 0.608. The summed E-state index contributed by atoms with van der Waals surface area (Å²) in [5, 5.41) is 0.631. The van der Waals surface area contributed by atoms with Crippen molar-refractivity contribution >= 4 is 37.6 Å². The number of benzene rings is 2. The van der Waals surface area contributed by atoms with Crippen LogP contribution in [0.25, 0.3) is 10.2 Å². The summed E-state index contributed by atoms with van der Waals surface area (Å²) in [5.74, 6) is 0.758. The number of carbonyl (C=O) groups is 1. The van der Waals surface area contributed by atoms with E-state index >= 15 is 0 Å². The number of rotatable bonds is 6. The molecule has 31 heavy (non-hydrogen) atoms. The number of urea groups is 1. The lowest BCUT2D eigenvalue weighted by molar-refractivity contribution is 0.143. The second-order valence-corrected chi connectivity index (χ2v) is 10.2. The molecule has 3 aromatic rings. The topological polar surface area (TPSA) is 91.8 Å². The number of hydrogen-bond donors (Lipinski definition) is 1. The fourth-order valence-electron chi connectivity index (χ4n) is 3.40. The van der Waals surface area contributed by atoms with Crippen LogP contribution in [0.4, 0.5) is 4.79 Å². The highest BCUT2D eigenvalue weighted by Crippen LogP contribution is 2.31. The van der Waals surface area contributed by atoms with Gasteiger partial charge in [0.2, 0.25) is 10.0 Å². The first kappa shape index (κ1) is 21.5. The van der Waals surface area contributed by atoms with Crippen LogP contribution in [0.5, 0.6) is 10.9 Å². The lowest BCUT2D eigenvalue weighted by Gasteiger charge is -2.34. The van der Waals surface area contributed by atoms with Crippen LogP contribution in [0.3, 0.4) is 0 Å². The molecule has 0 radical (unpaired) electrons. The maximum absolute atomic E-state index is 11.9. The van der Waals surface area contributed by atoms with Gasteiger partial charge in [-0.1, -0.05) is 35.6 Å². The van der Waals surface area contributed by atoms with Crippen molar-refractivity contribution in [1.29, 1.82) is 0 Å². The number of sulfonamides is 1. The molecule has 1 aromatic heterocycles. The third-order valence-electron chi connectivity index (χ3n) is 5.05. The van der Waals surface area contributed by atoms with Crippen LogP contribution in [0.1, 0.15) is 5.56 Å². The number of carbonyl (C=O) groups excluding carboxylic acids is 1. The lowest BCUT2D eigenvalue weighted by Crippen LogP contribution is -2.52. The zero-order chi connectivity index (χ0) is 21.8. The van der Waals surface area contributed by atoms with Crippen LogP contribution in [0.2, 0.25) is 0 Å². The second kappa shape index (κ2) is 9.21. The summed E-state index contributed by atoms with van der Waals surface area (Å²) in [4.78, 5) is 20.2. The van der Waals surface area contributed by atoms with Crippen molar-refractivity contribution in [2.24, 2.45) is 0 Å². The van der Waals surface area contributed by atoms with E-state index in [9.17, 15) is 13.2 Å². The number of fused-ring (bicyclic) bond motifs is 1. The van der Waals surface area contributed by atoms with E-state index in [2.05, 4.69) is 22.0 Å². The van der Waals surface area contributed by atoms with Crippen LogP contribution < -0.4 is 9.46 Å². The molecular weight excluding hydrogens is 436 g/mol. The zero-order valence-electron chi connectivity index (χ0n) is 17.2. The minimum Gasteiger partial charge on any atom is -0.431 e. The summed E-state index contributed by atoms with van der Waals surface area (Å²) in [6.07, 6.45) is 1.87.